The summed E-state index contributed by atoms with van der Waals surface area (Å²) in [4.78, 5) is 1.28. The highest BCUT2D eigenvalue weighted by molar-refractivity contribution is 7.98. The highest BCUT2D eigenvalue weighted by Gasteiger charge is 2.13. The summed E-state index contributed by atoms with van der Waals surface area (Å²) >= 11 is 3.43. The van der Waals surface area contributed by atoms with Crippen molar-refractivity contribution in [3.8, 4) is 11.6 Å². The predicted molar refractivity (Wildman–Crippen MR) is 86.5 cm³/mol. The fourth-order valence-corrected chi connectivity index (χ4v) is 3.21. The molecule has 3 rings (SSSR count). The van der Waals surface area contributed by atoms with E-state index in [9.17, 15) is 0 Å². The van der Waals surface area contributed by atoms with Crippen LogP contribution in [0, 0.1) is 0 Å². The molecule has 0 unspecified atom stereocenters. The number of furan rings is 1. The molecule has 0 amide bonds. The van der Waals surface area contributed by atoms with Gasteiger partial charge in [-0.25, -0.2) is 0 Å². The molecule has 0 spiro atoms. The van der Waals surface area contributed by atoms with Crippen molar-refractivity contribution in [3.05, 3.63) is 48.2 Å². The molecule has 6 heteroatoms. The fraction of sp³-hybridized carbons (Fsp3) is 0.200. The Balaban J connectivity index is 1.70. The topological polar surface area (TPSA) is 43.9 Å². The van der Waals surface area contributed by atoms with Crippen molar-refractivity contribution in [2.24, 2.45) is 7.05 Å². The summed E-state index contributed by atoms with van der Waals surface area (Å²) < 4.78 is 7.33. The molecule has 108 valence electrons. The number of nitrogens with zero attached hydrogens (tertiary/aromatic N) is 3. The molecule has 1 aromatic carbocycles. The summed E-state index contributed by atoms with van der Waals surface area (Å²) in [7, 11) is 1.96. The molecule has 0 N–H and O–H groups in total. The second-order valence-electron chi connectivity index (χ2n) is 4.48. The molecule has 0 saturated heterocycles. The molecule has 0 saturated carbocycles. The Hall–Kier alpha value is -1.66. The van der Waals surface area contributed by atoms with E-state index in [1.807, 2.05) is 23.7 Å². The third-order valence-corrected chi connectivity index (χ3v) is 4.94. The van der Waals surface area contributed by atoms with Gasteiger partial charge in [0.2, 0.25) is 0 Å². The summed E-state index contributed by atoms with van der Waals surface area (Å²) in [5, 5.41) is 9.31. The van der Waals surface area contributed by atoms with Crippen LogP contribution >= 0.6 is 23.5 Å². The summed E-state index contributed by atoms with van der Waals surface area (Å²) in [5.74, 6) is 2.36. The van der Waals surface area contributed by atoms with Gasteiger partial charge < -0.3 is 8.98 Å². The Morgan fingerprint density at radius 1 is 1.14 bits per heavy atom. The van der Waals surface area contributed by atoms with E-state index in [1.54, 1.807) is 29.8 Å². The zero-order valence-corrected chi connectivity index (χ0v) is 13.4. The number of hydrogen-bond acceptors (Lipinski definition) is 5. The molecule has 0 aliphatic carbocycles. The molecule has 21 heavy (non-hydrogen) atoms. The zero-order chi connectivity index (χ0) is 14.7. The molecule has 0 aliphatic heterocycles. The van der Waals surface area contributed by atoms with Gasteiger partial charge in [0.1, 0.15) is 0 Å². The minimum atomic E-state index is 0.737. The highest BCUT2D eigenvalue weighted by atomic mass is 32.2. The first-order valence-corrected chi connectivity index (χ1v) is 8.68. The maximum atomic E-state index is 5.37. The van der Waals surface area contributed by atoms with Crippen LogP contribution in [0.2, 0.25) is 0 Å². The largest absolute Gasteiger partial charge is 0.461 e. The van der Waals surface area contributed by atoms with Gasteiger partial charge in [0.25, 0.3) is 0 Å². The highest BCUT2D eigenvalue weighted by Crippen LogP contribution is 2.26. The van der Waals surface area contributed by atoms with Crippen LogP contribution in [0.1, 0.15) is 5.56 Å². The minimum Gasteiger partial charge on any atom is -0.461 e. The Morgan fingerprint density at radius 2 is 1.95 bits per heavy atom. The first-order valence-electron chi connectivity index (χ1n) is 6.47. The molecule has 0 bridgehead atoms. The van der Waals surface area contributed by atoms with Crippen molar-refractivity contribution in [1.82, 2.24) is 14.8 Å². The van der Waals surface area contributed by atoms with Crippen molar-refractivity contribution in [2.45, 2.75) is 15.8 Å². The number of hydrogen-bond donors (Lipinski definition) is 0. The van der Waals surface area contributed by atoms with Crippen LogP contribution < -0.4 is 0 Å². The van der Waals surface area contributed by atoms with E-state index in [0.29, 0.717) is 0 Å². The molecule has 0 atom stereocenters. The molecule has 2 aromatic heterocycles. The van der Waals surface area contributed by atoms with Crippen LogP contribution in [0.5, 0.6) is 0 Å². The second-order valence-corrected chi connectivity index (χ2v) is 6.30. The lowest BCUT2D eigenvalue weighted by atomic mass is 10.2. The van der Waals surface area contributed by atoms with E-state index in [1.165, 1.54) is 10.5 Å². The third kappa shape index (κ3) is 3.16. The Morgan fingerprint density at radius 3 is 2.62 bits per heavy atom. The predicted octanol–water partition coefficient (Wildman–Crippen LogP) is 4.09. The molecular weight excluding hydrogens is 302 g/mol. The van der Waals surface area contributed by atoms with Crippen LogP contribution in [-0.4, -0.2) is 21.0 Å². The van der Waals surface area contributed by atoms with E-state index in [2.05, 4.69) is 40.7 Å². The van der Waals surface area contributed by atoms with Crippen LogP contribution in [0.4, 0.5) is 0 Å². The maximum absolute atomic E-state index is 5.37. The maximum Gasteiger partial charge on any atom is 0.200 e. The van der Waals surface area contributed by atoms with E-state index in [4.69, 9.17) is 4.42 Å². The average Bonchev–Trinajstić information content (AvgIpc) is 3.15. The summed E-state index contributed by atoms with van der Waals surface area (Å²) in [5.41, 5.74) is 1.28. The number of aromatic nitrogens is 3. The van der Waals surface area contributed by atoms with Gasteiger partial charge >= 0.3 is 0 Å². The Bertz CT molecular complexity index is 705. The van der Waals surface area contributed by atoms with Crippen molar-refractivity contribution in [1.29, 1.82) is 0 Å². The van der Waals surface area contributed by atoms with Gasteiger partial charge in [-0.15, -0.1) is 22.0 Å². The molecule has 2 heterocycles. The fourth-order valence-electron chi connectivity index (χ4n) is 1.93. The molecule has 0 aliphatic rings. The smallest absolute Gasteiger partial charge is 0.200 e. The number of rotatable bonds is 5. The molecule has 0 fully saturated rings. The average molecular weight is 317 g/mol. The monoisotopic (exact) mass is 317 g/mol. The van der Waals surface area contributed by atoms with E-state index in [-0.39, 0.29) is 0 Å². The van der Waals surface area contributed by atoms with Crippen LogP contribution in [0.15, 0.2) is 57.1 Å². The van der Waals surface area contributed by atoms with Gasteiger partial charge in [-0.2, -0.15) is 0 Å². The summed E-state index contributed by atoms with van der Waals surface area (Å²) in [6.07, 6.45) is 3.73. The number of benzene rings is 1. The minimum absolute atomic E-state index is 0.737. The zero-order valence-electron chi connectivity index (χ0n) is 11.8. The van der Waals surface area contributed by atoms with Crippen molar-refractivity contribution < 1.29 is 4.42 Å². The Kier molecular flexibility index (Phi) is 4.36. The first-order chi connectivity index (χ1) is 10.3. The standard InChI is InChI=1S/C15H15N3OS2/c1-18-14(13-4-3-9-19-13)16-17-15(18)21-10-11-5-7-12(20-2)8-6-11/h3-9H,10H2,1-2H3. The van der Waals surface area contributed by atoms with Gasteiger partial charge in [-0.3, -0.25) is 0 Å². The summed E-state index contributed by atoms with van der Waals surface area (Å²) in [6, 6.07) is 12.3. The molecule has 4 nitrogen and oxygen atoms in total. The molecular formula is C15H15N3OS2. The van der Waals surface area contributed by atoms with Crippen LogP contribution in [-0.2, 0) is 12.8 Å². The molecule has 0 radical (unpaired) electrons. The quantitative estimate of drug-likeness (QED) is 0.663. The van der Waals surface area contributed by atoms with Gasteiger partial charge in [-0.1, -0.05) is 23.9 Å². The Labute approximate surface area is 132 Å². The van der Waals surface area contributed by atoms with Crippen molar-refractivity contribution >= 4 is 23.5 Å². The van der Waals surface area contributed by atoms with Crippen molar-refractivity contribution in [3.63, 3.8) is 0 Å². The van der Waals surface area contributed by atoms with Gasteiger partial charge in [0.15, 0.2) is 16.7 Å². The normalized spacial score (nSPS) is 11.0. The van der Waals surface area contributed by atoms with Crippen molar-refractivity contribution in [2.75, 3.05) is 6.26 Å². The lowest BCUT2D eigenvalue weighted by Gasteiger charge is -2.03. The van der Waals surface area contributed by atoms with Crippen LogP contribution in [0.25, 0.3) is 11.6 Å². The number of thioether (sulfide) groups is 2. The van der Waals surface area contributed by atoms with E-state index in [0.717, 1.165) is 22.5 Å². The first kappa shape index (κ1) is 14.3. The molecule has 3 aromatic rings. The third-order valence-electron chi connectivity index (χ3n) is 3.10. The van der Waals surface area contributed by atoms with Gasteiger partial charge in [0.05, 0.1) is 6.26 Å². The van der Waals surface area contributed by atoms with Gasteiger partial charge in [-0.05, 0) is 36.1 Å². The van der Waals surface area contributed by atoms with E-state index >= 15 is 0 Å². The lowest BCUT2D eigenvalue weighted by molar-refractivity contribution is 0.572. The van der Waals surface area contributed by atoms with Gasteiger partial charge in [0, 0.05) is 17.7 Å². The summed E-state index contributed by atoms with van der Waals surface area (Å²) in [6.45, 7) is 0. The lowest BCUT2D eigenvalue weighted by Crippen LogP contribution is -1.94. The second kappa shape index (κ2) is 6.41. The van der Waals surface area contributed by atoms with Crippen LogP contribution in [0.3, 0.4) is 0 Å². The van der Waals surface area contributed by atoms with E-state index < -0.39 is 0 Å². The SMILES string of the molecule is CSc1ccc(CSc2nnc(-c3ccco3)n2C)cc1.